The van der Waals surface area contributed by atoms with E-state index in [0.29, 0.717) is 16.5 Å². The van der Waals surface area contributed by atoms with Crippen LogP contribution < -0.4 is 10.6 Å². The molecule has 1 aromatic heterocycles. The van der Waals surface area contributed by atoms with Gasteiger partial charge in [-0.15, -0.1) is 0 Å². The molecular weight excluding hydrogens is 296 g/mol. The Morgan fingerprint density at radius 3 is 2.96 bits per heavy atom. The number of H-pyrrole nitrogens is 1. The zero-order valence-electron chi connectivity index (χ0n) is 11.7. The second-order valence-electron chi connectivity index (χ2n) is 5.11. The summed E-state index contributed by atoms with van der Waals surface area (Å²) < 4.78 is 0. The van der Waals surface area contributed by atoms with Crippen molar-refractivity contribution in [3.8, 4) is 5.88 Å². The molecule has 0 fully saturated rings. The summed E-state index contributed by atoms with van der Waals surface area (Å²) in [6.07, 6.45) is 3.16. The number of rotatable bonds is 2. The summed E-state index contributed by atoms with van der Waals surface area (Å²) in [5.41, 5.74) is 1.57. The Morgan fingerprint density at radius 1 is 1.26 bits per heavy atom. The Hall–Kier alpha value is -3.48. The predicted molar refractivity (Wildman–Crippen MR) is 85.6 cm³/mol. The van der Waals surface area contributed by atoms with Gasteiger partial charge < -0.3 is 10.1 Å². The molecular formula is C16H10N4O3. The van der Waals surface area contributed by atoms with Crippen molar-refractivity contribution in [2.75, 3.05) is 0 Å². The third-order valence-electron chi connectivity index (χ3n) is 3.72. The largest absolute Gasteiger partial charge is 0.494 e. The van der Waals surface area contributed by atoms with E-state index in [0.717, 1.165) is 16.3 Å². The maximum Gasteiger partial charge on any atom is 0.279 e. The molecule has 2 aromatic carbocycles. The molecule has 0 saturated heterocycles. The average Bonchev–Trinajstić information content (AvgIpc) is 3.11. The van der Waals surface area contributed by atoms with Crippen LogP contribution in [0.1, 0.15) is 5.56 Å². The van der Waals surface area contributed by atoms with Crippen LogP contribution in [0, 0.1) is 10.1 Å². The Morgan fingerprint density at radius 2 is 2.13 bits per heavy atom. The van der Waals surface area contributed by atoms with Gasteiger partial charge in [0.15, 0.2) is 5.88 Å². The number of nitrogens with one attached hydrogen (secondary N) is 1. The number of nitro benzene ring substituents is 1. The summed E-state index contributed by atoms with van der Waals surface area (Å²) in [5, 5.41) is 23.3. The molecule has 1 aliphatic heterocycles. The number of hydrogen-bond donors (Lipinski definition) is 2. The van der Waals surface area contributed by atoms with Crippen LogP contribution in [0.2, 0.25) is 0 Å². The number of aromatic nitrogens is 1. The third kappa shape index (κ3) is 2.06. The van der Waals surface area contributed by atoms with Gasteiger partial charge in [-0.2, -0.15) is 0 Å². The zero-order chi connectivity index (χ0) is 16.0. The molecule has 0 aliphatic carbocycles. The summed E-state index contributed by atoms with van der Waals surface area (Å²) in [7, 11) is 0. The van der Waals surface area contributed by atoms with Crippen molar-refractivity contribution in [3.05, 3.63) is 62.7 Å². The van der Waals surface area contributed by atoms with Crippen LogP contribution in [-0.2, 0) is 0 Å². The van der Waals surface area contributed by atoms with Crippen LogP contribution in [0.25, 0.3) is 17.0 Å². The van der Waals surface area contributed by atoms with Gasteiger partial charge in [-0.05, 0) is 29.5 Å². The first-order valence-corrected chi connectivity index (χ1v) is 6.84. The minimum atomic E-state index is -0.460. The molecule has 2 heterocycles. The summed E-state index contributed by atoms with van der Waals surface area (Å²) in [6.45, 7) is 0. The minimum absolute atomic E-state index is 0.0560. The molecule has 0 bridgehead atoms. The molecule has 23 heavy (non-hydrogen) atoms. The van der Waals surface area contributed by atoms with Gasteiger partial charge in [0.05, 0.1) is 32.4 Å². The standard InChI is InChI=1S/C16H10N4O3/c21-16-10(6-9-4-5-11-13(7-9)18-8-17-11)15-12(19-16)2-1-3-14(15)20(22)23/h1-8,19,21H/b9-6+. The number of fused-ring (bicyclic) bond motifs is 2. The lowest BCUT2D eigenvalue weighted by molar-refractivity contribution is -0.383. The fraction of sp³-hybridized carbons (Fsp3) is 0. The van der Waals surface area contributed by atoms with Gasteiger partial charge in [-0.1, -0.05) is 12.1 Å². The summed E-state index contributed by atoms with van der Waals surface area (Å²) in [6, 6.07) is 10.1. The van der Waals surface area contributed by atoms with Crippen molar-refractivity contribution in [3.63, 3.8) is 0 Å². The van der Waals surface area contributed by atoms with Crippen molar-refractivity contribution < 1.29 is 10.0 Å². The molecule has 112 valence electrons. The molecule has 0 atom stereocenters. The van der Waals surface area contributed by atoms with E-state index in [4.69, 9.17) is 0 Å². The average molecular weight is 306 g/mol. The zero-order valence-corrected chi connectivity index (χ0v) is 11.7. The quantitative estimate of drug-likeness (QED) is 0.558. The van der Waals surface area contributed by atoms with Gasteiger partial charge in [-0.25, -0.2) is 9.98 Å². The molecule has 1 aliphatic rings. The highest BCUT2D eigenvalue weighted by atomic mass is 16.6. The number of aliphatic imine (C=N–C) groups is 1. The number of aromatic amines is 1. The van der Waals surface area contributed by atoms with E-state index in [9.17, 15) is 15.2 Å². The van der Waals surface area contributed by atoms with Crippen LogP contribution in [0.15, 0.2) is 46.4 Å². The maximum atomic E-state index is 11.2. The predicted octanol–water partition coefficient (Wildman–Crippen LogP) is 1.90. The van der Waals surface area contributed by atoms with Gasteiger partial charge in [-0.3, -0.25) is 10.1 Å². The van der Waals surface area contributed by atoms with Crippen molar-refractivity contribution in [2.24, 2.45) is 9.98 Å². The SMILES string of the molecule is O=[N+]([O-])c1cccc2[nH]c(O)c(/C=c3\ccc4c(c3)N=CN=4)c12. The van der Waals surface area contributed by atoms with Crippen LogP contribution in [0.5, 0.6) is 5.88 Å². The Kier molecular flexibility index (Phi) is 2.74. The van der Waals surface area contributed by atoms with Crippen LogP contribution in [0.3, 0.4) is 0 Å². The smallest absolute Gasteiger partial charge is 0.279 e. The van der Waals surface area contributed by atoms with Crippen LogP contribution in [0.4, 0.5) is 11.4 Å². The molecule has 3 aromatic rings. The normalized spacial score (nSPS) is 13.3. The molecule has 7 heteroatoms. The maximum absolute atomic E-state index is 11.2. The third-order valence-corrected chi connectivity index (χ3v) is 3.72. The molecule has 0 amide bonds. The van der Waals surface area contributed by atoms with Crippen molar-refractivity contribution in [1.82, 2.24) is 4.98 Å². The molecule has 0 spiro atoms. The number of benzene rings is 2. The van der Waals surface area contributed by atoms with Crippen LogP contribution >= 0.6 is 0 Å². The van der Waals surface area contributed by atoms with Crippen LogP contribution in [-0.4, -0.2) is 21.4 Å². The second kappa shape index (κ2) is 4.77. The van der Waals surface area contributed by atoms with E-state index in [-0.39, 0.29) is 11.6 Å². The molecule has 0 unspecified atom stereocenters. The number of non-ortho nitro benzene ring substituents is 1. The fourth-order valence-corrected chi connectivity index (χ4v) is 2.70. The van der Waals surface area contributed by atoms with E-state index in [1.807, 2.05) is 18.2 Å². The highest BCUT2D eigenvalue weighted by molar-refractivity contribution is 5.98. The van der Waals surface area contributed by atoms with Gasteiger partial charge >= 0.3 is 0 Å². The molecule has 2 N–H and O–H groups in total. The van der Waals surface area contributed by atoms with Crippen molar-refractivity contribution in [2.45, 2.75) is 0 Å². The van der Waals surface area contributed by atoms with Crippen molar-refractivity contribution >= 4 is 34.7 Å². The second-order valence-corrected chi connectivity index (χ2v) is 5.11. The fourth-order valence-electron chi connectivity index (χ4n) is 2.70. The first-order valence-electron chi connectivity index (χ1n) is 6.84. The minimum Gasteiger partial charge on any atom is -0.494 e. The van der Waals surface area contributed by atoms with Gasteiger partial charge in [0.25, 0.3) is 5.69 Å². The highest BCUT2D eigenvalue weighted by Crippen LogP contribution is 2.34. The van der Waals surface area contributed by atoms with E-state index in [1.165, 1.54) is 12.4 Å². The number of aromatic hydroxyl groups is 1. The number of hydrogen-bond acceptors (Lipinski definition) is 5. The van der Waals surface area contributed by atoms with E-state index >= 15 is 0 Å². The molecule has 4 rings (SSSR count). The Bertz CT molecular complexity index is 1110. The highest BCUT2D eigenvalue weighted by Gasteiger charge is 2.19. The molecule has 0 radical (unpaired) electrons. The Labute approximate surface area is 129 Å². The lowest BCUT2D eigenvalue weighted by Crippen LogP contribution is -2.06. The summed E-state index contributed by atoms with van der Waals surface area (Å²) in [4.78, 5) is 21.8. The van der Waals surface area contributed by atoms with E-state index in [1.54, 1.807) is 18.2 Å². The number of nitro groups is 1. The van der Waals surface area contributed by atoms with Gasteiger partial charge in [0, 0.05) is 6.07 Å². The first-order chi connectivity index (χ1) is 11.1. The van der Waals surface area contributed by atoms with Crippen molar-refractivity contribution in [1.29, 1.82) is 0 Å². The van der Waals surface area contributed by atoms with Gasteiger partial charge in [0.1, 0.15) is 6.34 Å². The first kappa shape index (κ1) is 13.2. The topological polar surface area (TPSA) is 104 Å². The molecule has 7 nitrogen and oxygen atoms in total. The lowest BCUT2D eigenvalue weighted by atomic mass is 10.1. The summed E-state index contributed by atoms with van der Waals surface area (Å²) in [5.74, 6) is -0.108. The van der Waals surface area contributed by atoms with E-state index < -0.39 is 4.92 Å². The lowest BCUT2D eigenvalue weighted by Gasteiger charge is -1.96. The van der Waals surface area contributed by atoms with Gasteiger partial charge in [0.2, 0.25) is 0 Å². The van der Waals surface area contributed by atoms with E-state index in [2.05, 4.69) is 15.0 Å². The summed E-state index contributed by atoms with van der Waals surface area (Å²) >= 11 is 0. The Balaban J connectivity index is 2.01. The monoisotopic (exact) mass is 306 g/mol. The molecule has 0 saturated carbocycles. The number of nitrogens with zero attached hydrogens (tertiary/aromatic N) is 3.